The second-order valence-corrected chi connectivity index (χ2v) is 10.1. The highest BCUT2D eigenvalue weighted by Gasteiger charge is 2.24. The van der Waals surface area contributed by atoms with Crippen molar-refractivity contribution < 1.29 is 17.9 Å². The highest BCUT2D eigenvalue weighted by Crippen LogP contribution is 2.31. The first-order valence-electron chi connectivity index (χ1n) is 9.70. The highest BCUT2D eigenvalue weighted by molar-refractivity contribution is 7.92. The van der Waals surface area contributed by atoms with E-state index in [4.69, 9.17) is 4.74 Å². The molecule has 0 fully saturated rings. The SMILES string of the molecule is COc1ccccc1N(C)S(=O)(=O)c1ccc(C(=O)Nc2nc3ccc(C)cc3s2)cc1. The lowest BCUT2D eigenvalue weighted by Gasteiger charge is -2.21. The van der Waals surface area contributed by atoms with Crippen molar-refractivity contribution in [2.75, 3.05) is 23.8 Å². The Hall–Kier alpha value is -3.43. The van der Waals surface area contributed by atoms with E-state index in [1.165, 1.54) is 49.8 Å². The van der Waals surface area contributed by atoms with Gasteiger partial charge in [0.25, 0.3) is 15.9 Å². The summed E-state index contributed by atoms with van der Waals surface area (Å²) in [6.45, 7) is 2.00. The number of carbonyl (C=O) groups is 1. The summed E-state index contributed by atoms with van der Waals surface area (Å²) >= 11 is 1.39. The number of fused-ring (bicyclic) bond motifs is 1. The van der Waals surface area contributed by atoms with Gasteiger partial charge in [-0.05, 0) is 61.0 Å². The van der Waals surface area contributed by atoms with Crippen LogP contribution in [0.2, 0.25) is 0 Å². The van der Waals surface area contributed by atoms with Crippen molar-refractivity contribution in [3.05, 3.63) is 77.9 Å². The number of methoxy groups -OCH3 is 1. The molecular formula is C23H21N3O4S2. The minimum absolute atomic E-state index is 0.0675. The first kappa shape index (κ1) is 21.8. The van der Waals surface area contributed by atoms with Gasteiger partial charge in [-0.15, -0.1) is 0 Å². The van der Waals surface area contributed by atoms with Gasteiger partial charge < -0.3 is 4.74 Å². The maximum atomic E-state index is 13.1. The van der Waals surface area contributed by atoms with E-state index in [2.05, 4.69) is 10.3 Å². The number of sulfonamides is 1. The molecule has 0 saturated heterocycles. The van der Waals surface area contributed by atoms with Crippen LogP contribution in [0.3, 0.4) is 0 Å². The van der Waals surface area contributed by atoms with Crippen molar-refractivity contribution in [1.82, 2.24) is 4.98 Å². The zero-order valence-electron chi connectivity index (χ0n) is 17.7. The van der Waals surface area contributed by atoms with Crippen LogP contribution < -0.4 is 14.4 Å². The summed E-state index contributed by atoms with van der Waals surface area (Å²) < 4.78 is 33.5. The molecule has 0 saturated carbocycles. The number of nitrogens with one attached hydrogen (secondary N) is 1. The molecule has 32 heavy (non-hydrogen) atoms. The number of ether oxygens (including phenoxy) is 1. The number of carbonyl (C=O) groups excluding carboxylic acids is 1. The summed E-state index contributed by atoms with van der Waals surface area (Å²) in [5.74, 6) is 0.0865. The number of anilines is 2. The Labute approximate surface area is 190 Å². The predicted octanol–water partition coefficient (Wildman–Crippen LogP) is 4.69. The lowest BCUT2D eigenvalue weighted by molar-refractivity contribution is 0.102. The fourth-order valence-electron chi connectivity index (χ4n) is 3.21. The highest BCUT2D eigenvalue weighted by atomic mass is 32.2. The Bertz CT molecular complexity index is 1400. The number of thiazole rings is 1. The molecule has 0 radical (unpaired) electrons. The number of benzene rings is 3. The quantitative estimate of drug-likeness (QED) is 0.444. The first-order chi connectivity index (χ1) is 15.3. The maximum Gasteiger partial charge on any atom is 0.264 e. The Morgan fingerprint density at radius 3 is 2.50 bits per heavy atom. The molecule has 4 aromatic rings. The minimum Gasteiger partial charge on any atom is -0.495 e. The van der Waals surface area contributed by atoms with Gasteiger partial charge in [-0.2, -0.15) is 0 Å². The second-order valence-electron chi connectivity index (χ2n) is 7.11. The monoisotopic (exact) mass is 467 g/mol. The molecule has 3 aromatic carbocycles. The van der Waals surface area contributed by atoms with Crippen LogP contribution in [0.1, 0.15) is 15.9 Å². The van der Waals surface area contributed by atoms with Gasteiger partial charge in [0.15, 0.2) is 5.13 Å². The molecule has 0 atom stereocenters. The van der Waals surface area contributed by atoms with Gasteiger partial charge >= 0.3 is 0 Å². The van der Waals surface area contributed by atoms with E-state index in [-0.39, 0.29) is 10.8 Å². The zero-order chi connectivity index (χ0) is 22.9. The van der Waals surface area contributed by atoms with Crippen LogP contribution in [-0.4, -0.2) is 33.5 Å². The van der Waals surface area contributed by atoms with Crippen LogP contribution in [0.15, 0.2) is 71.6 Å². The van der Waals surface area contributed by atoms with Crippen LogP contribution in [0.25, 0.3) is 10.2 Å². The van der Waals surface area contributed by atoms with Gasteiger partial charge in [0.05, 0.1) is 27.9 Å². The number of nitrogens with zero attached hydrogens (tertiary/aromatic N) is 2. The molecule has 1 amide bonds. The molecule has 0 aliphatic heterocycles. The van der Waals surface area contributed by atoms with Gasteiger partial charge in [-0.1, -0.05) is 29.5 Å². The summed E-state index contributed by atoms with van der Waals surface area (Å²) in [5.41, 5.74) is 2.69. The van der Waals surface area contributed by atoms with Crippen LogP contribution in [0.5, 0.6) is 5.75 Å². The summed E-state index contributed by atoms with van der Waals surface area (Å²) in [7, 11) is -0.890. The van der Waals surface area contributed by atoms with Crippen molar-refractivity contribution >= 4 is 48.3 Å². The second kappa shape index (κ2) is 8.60. The molecule has 7 nitrogen and oxygen atoms in total. The van der Waals surface area contributed by atoms with Crippen LogP contribution in [-0.2, 0) is 10.0 Å². The molecule has 0 spiro atoms. The fourth-order valence-corrected chi connectivity index (χ4v) is 5.38. The summed E-state index contributed by atoms with van der Waals surface area (Å²) in [6, 6.07) is 18.5. The van der Waals surface area contributed by atoms with E-state index in [0.29, 0.717) is 22.1 Å². The van der Waals surface area contributed by atoms with Gasteiger partial charge in [0.2, 0.25) is 0 Å². The zero-order valence-corrected chi connectivity index (χ0v) is 19.3. The van der Waals surface area contributed by atoms with E-state index in [1.807, 2.05) is 25.1 Å². The Kier molecular flexibility index (Phi) is 5.86. The normalized spacial score (nSPS) is 11.3. The fraction of sp³-hybridized carbons (Fsp3) is 0.130. The molecule has 4 rings (SSSR count). The first-order valence-corrected chi connectivity index (χ1v) is 12.0. The van der Waals surface area contributed by atoms with Crippen molar-refractivity contribution in [3.63, 3.8) is 0 Å². The van der Waals surface area contributed by atoms with Crippen molar-refractivity contribution in [1.29, 1.82) is 0 Å². The third kappa shape index (κ3) is 4.17. The van der Waals surface area contributed by atoms with Gasteiger partial charge in [0.1, 0.15) is 5.75 Å². The third-order valence-corrected chi connectivity index (χ3v) is 7.68. The van der Waals surface area contributed by atoms with E-state index >= 15 is 0 Å². The van der Waals surface area contributed by atoms with Gasteiger partial charge in [0, 0.05) is 12.6 Å². The van der Waals surface area contributed by atoms with E-state index in [0.717, 1.165) is 20.1 Å². The lowest BCUT2D eigenvalue weighted by Crippen LogP contribution is -2.27. The van der Waals surface area contributed by atoms with Gasteiger partial charge in [-0.3, -0.25) is 14.4 Å². The smallest absolute Gasteiger partial charge is 0.264 e. The largest absolute Gasteiger partial charge is 0.495 e. The van der Waals surface area contributed by atoms with Crippen LogP contribution in [0, 0.1) is 6.92 Å². The number of amides is 1. The minimum atomic E-state index is -3.84. The molecule has 0 aliphatic rings. The molecule has 0 bridgehead atoms. The average molecular weight is 468 g/mol. The molecule has 9 heteroatoms. The molecule has 1 heterocycles. The van der Waals surface area contributed by atoms with Crippen molar-refractivity contribution in [3.8, 4) is 5.75 Å². The number of rotatable bonds is 6. The van der Waals surface area contributed by atoms with Crippen molar-refractivity contribution in [2.45, 2.75) is 11.8 Å². The number of para-hydroxylation sites is 2. The molecule has 1 aromatic heterocycles. The predicted molar refractivity (Wildman–Crippen MR) is 127 cm³/mol. The third-order valence-electron chi connectivity index (χ3n) is 4.96. The van der Waals surface area contributed by atoms with Crippen LogP contribution in [0.4, 0.5) is 10.8 Å². The van der Waals surface area contributed by atoms with Crippen LogP contribution >= 0.6 is 11.3 Å². The van der Waals surface area contributed by atoms with Gasteiger partial charge in [-0.25, -0.2) is 13.4 Å². The average Bonchev–Trinajstić information content (AvgIpc) is 3.19. The number of aromatic nitrogens is 1. The topological polar surface area (TPSA) is 88.6 Å². The molecule has 0 unspecified atom stereocenters. The summed E-state index contributed by atoms with van der Waals surface area (Å²) in [6.07, 6.45) is 0. The molecular weight excluding hydrogens is 446 g/mol. The number of hydrogen-bond donors (Lipinski definition) is 1. The van der Waals surface area contributed by atoms with Crippen molar-refractivity contribution in [2.24, 2.45) is 0 Å². The maximum absolute atomic E-state index is 13.1. The standard InChI is InChI=1S/C23H21N3O4S2/c1-15-8-13-18-21(14-15)31-23(24-18)25-22(27)16-9-11-17(12-10-16)32(28,29)26(2)19-6-4-5-7-20(19)30-3/h4-14H,1-3H3,(H,24,25,27). The summed E-state index contributed by atoms with van der Waals surface area (Å²) in [4.78, 5) is 17.1. The molecule has 1 N–H and O–H groups in total. The molecule has 0 aliphatic carbocycles. The number of aryl methyl sites for hydroxylation is 1. The Morgan fingerprint density at radius 2 is 1.78 bits per heavy atom. The van der Waals surface area contributed by atoms with E-state index in [1.54, 1.807) is 24.3 Å². The van der Waals surface area contributed by atoms with E-state index in [9.17, 15) is 13.2 Å². The number of hydrogen-bond acceptors (Lipinski definition) is 6. The summed E-state index contributed by atoms with van der Waals surface area (Å²) in [5, 5.41) is 3.27. The molecule has 164 valence electrons. The lowest BCUT2D eigenvalue weighted by atomic mass is 10.2. The van der Waals surface area contributed by atoms with E-state index < -0.39 is 10.0 Å². The Morgan fingerprint density at radius 1 is 1.06 bits per heavy atom. The Balaban J connectivity index is 1.54.